The molecule has 31 nitrogen and oxygen atoms in total. The largest absolute Gasteiger partial charge is 0.395 e. The number of allylic oxidation sites excluding steroid dienone is 4. The van der Waals surface area contributed by atoms with Gasteiger partial charge in [0.25, 0.3) is 0 Å². The quantitative estimate of drug-likeness (QED) is 0.0472. The number of halogens is 7. The highest BCUT2D eigenvalue weighted by Crippen LogP contribution is 2.37. The number of carbonyl (C=O) groups excluding carboxylic acids is 2. The molecule has 7 N–H and O–H groups in total. The summed E-state index contributed by atoms with van der Waals surface area (Å²) in [6.45, 7) is 7.33. The lowest BCUT2D eigenvalue weighted by atomic mass is 10.1. The van der Waals surface area contributed by atoms with Crippen LogP contribution in [0.2, 0.25) is 10.3 Å². The summed E-state index contributed by atoms with van der Waals surface area (Å²) in [5.74, 6) is 3.26. The number of morpholine rings is 1. The lowest BCUT2D eigenvalue weighted by Gasteiger charge is -2.27. The maximum Gasteiger partial charge on any atom is 0.244 e. The van der Waals surface area contributed by atoms with Crippen LogP contribution in [0.1, 0.15) is 81.8 Å². The minimum atomic E-state index is -0.435. The maximum atomic E-state index is 11.9. The standard InChI is InChI=1S/C17H16BrN3O.C14H13BrN4O.C14H15ClN8O.C13H8Br2N2.C13H9BrN2.C13H13ClN8O/c18-13-3-1-2-12(10-13)14-4-5-15-17(14)20-16(11-19-15)21-6-8-22-9-7-21;15-12-8-17-11-5-4-9(14(11)19-12)10-2-1-3-13(18-10)16-6-7-20;1-7(14(24)23(2)3)18-9-4-5-16-12(20-9)11-10-13(22-21-11)17-6-8(15)19-10;14-9-3-1-2-8(6-9)10-4-5-11-13(10)17-12(15)7-16-11;14-12-8-15-11-7-6-10(13(11)16-12)9-4-2-1-3-5-9;1-6(13(23)15-2)18-8-3-4-16-11(20-8)10-9-12(22-21-10)17-5-7(14)19-9/h1-4,10-11H,5-9H2;1-4,8,20H,5-7H2,(H,16,18);4-7H,1-3H3,(H,16,18,20)(H,17,21,22);1-4,6-7H,5H2;1-6,8H,7H2;3-6H,1-2H3,(H,15,23)(H,16,18,20)(H,17,21,22)/t;;7-;;;6-/m..0..0/s1. The van der Waals surface area contributed by atoms with Crippen LogP contribution < -0.4 is 26.2 Å². The molecule has 3 aromatic carbocycles. The number of nitrogens with zero attached hydrogens (tertiary/aromatic N) is 21. The number of benzene rings is 3. The van der Waals surface area contributed by atoms with Crippen LogP contribution in [0.25, 0.3) is 67.7 Å². The smallest absolute Gasteiger partial charge is 0.244 e. The molecule has 2 amide bonds. The van der Waals surface area contributed by atoms with Gasteiger partial charge in [-0.25, -0.2) is 64.8 Å². The molecular formula is C84H74Br5Cl2N27O4. The monoisotopic (exact) mass is 1990 g/mol. The van der Waals surface area contributed by atoms with Crippen LogP contribution in [-0.2, 0) is 40.0 Å². The Balaban J connectivity index is 0.000000120. The van der Waals surface area contributed by atoms with Crippen LogP contribution in [-0.4, -0.2) is 200 Å². The number of likely N-dealkylation sites (N-methyl/N-ethyl adjacent to an activating group) is 2. The van der Waals surface area contributed by atoms with E-state index in [1.165, 1.54) is 45.1 Å². The summed E-state index contributed by atoms with van der Waals surface area (Å²) in [6.07, 6.45) is 25.1. The first-order valence-electron chi connectivity index (χ1n) is 38.0. The van der Waals surface area contributed by atoms with Crippen LogP contribution in [0.3, 0.4) is 0 Å². The topological polar surface area (TPSA) is 395 Å². The van der Waals surface area contributed by atoms with Crippen molar-refractivity contribution in [2.75, 3.05) is 81.4 Å². The number of hydrogen-bond acceptors (Lipinski definition) is 27. The number of aliphatic hydroxyl groups is 1. The third-order valence-corrected chi connectivity index (χ3v) is 21.3. The number of pyridine rings is 1. The van der Waals surface area contributed by atoms with E-state index in [-0.39, 0.29) is 28.7 Å². The Morgan fingerprint density at radius 2 is 0.967 bits per heavy atom. The van der Waals surface area contributed by atoms with E-state index < -0.39 is 12.1 Å². The van der Waals surface area contributed by atoms with E-state index in [0.29, 0.717) is 63.5 Å². The molecule has 0 radical (unpaired) electrons. The van der Waals surface area contributed by atoms with Crippen molar-refractivity contribution in [3.63, 3.8) is 0 Å². The zero-order valence-corrected chi connectivity index (χ0v) is 75.2. The summed E-state index contributed by atoms with van der Waals surface area (Å²) in [4.78, 5) is 102. The van der Waals surface area contributed by atoms with Gasteiger partial charge in [0.1, 0.15) is 81.9 Å². The number of carbonyl (C=O) groups is 2. The predicted octanol–water partition coefficient (Wildman–Crippen LogP) is 14.7. The van der Waals surface area contributed by atoms with Crippen molar-refractivity contribution in [1.82, 2.24) is 115 Å². The Hall–Kier alpha value is -11.6. The zero-order valence-electron chi connectivity index (χ0n) is 65.8. The Bertz CT molecular complexity index is 6300. The fraction of sp³-hybridized carbons (Fsp3) is 0.202. The van der Waals surface area contributed by atoms with Crippen molar-refractivity contribution < 1.29 is 19.4 Å². The van der Waals surface area contributed by atoms with Crippen LogP contribution in [0, 0.1) is 0 Å². The molecule has 2 atom stereocenters. The molecule has 0 unspecified atom stereocenters. The van der Waals surface area contributed by atoms with Gasteiger partial charge in [-0.1, -0.05) is 140 Å². The normalized spacial score (nSPS) is 13.6. The average Bonchev–Trinajstić information content (AvgIpc) is 1.64. The molecule has 1 saturated heterocycles. The molecule has 5 aliphatic rings. The Morgan fingerprint density at radius 1 is 0.508 bits per heavy atom. The second-order valence-electron chi connectivity index (χ2n) is 27.4. The van der Waals surface area contributed by atoms with E-state index in [2.05, 4.69) is 273 Å². The predicted molar refractivity (Wildman–Crippen MR) is 486 cm³/mol. The summed E-state index contributed by atoms with van der Waals surface area (Å²) in [5, 5.41) is 34.7. The summed E-state index contributed by atoms with van der Waals surface area (Å²) < 4.78 is 9.85. The summed E-state index contributed by atoms with van der Waals surface area (Å²) >= 11 is 28.9. The lowest BCUT2D eigenvalue weighted by molar-refractivity contribution is -0.129. The SMILES string of the molecule is Brc1cccc(C2=CCc3ncc(Br)nc32)c1.Brc1cccc(C2=CCc3ncc(N4CCOCC4)nc32)c1.Brc1cnc2c(n1)C(c1ccccc1)=CC2.CNC(=O)[C@H](C)Nc1ccnc(-c2[nH]nc3ncc(Cl)nc23)n1.C[C@H](Nc1ccnc(-c2[nH]nc3ncc(Cl)nc23)n1)C(=O)N(C)C.OCCNc1cccc(C2=CCc3ncc(Br)nc32)n1. The molecule has 0 spiro atoms. The van der Waals surface area contributed by atoms with Crippen molar-refractivity contribution in [2.24, 2.45) is 0 Å². The third kappa shape index (κ3) is 21.6. The first-order chi connectivity index (χ1) is 59.2. The van der Waals surface area contributed by atoms with Crippen molar-refractivity contribution in [2.45, 2.75) is 51.6 Å². The molecule has 14 aromatic rings. The van der Waals surface area contributed by atoms with Crippen LogP contribution in [0.15, 0.2) is 206 Å². The number of rotatable bonds is 16. The lowest BCUT2D eigenvalue weighted by Crippen LogP contribution is -2.37. The van der Waals surface area contributed by atoms with Crippen LogP contribution in [0.5, 0.6) is 0 Å². The fourth-order valence-electron chi connectivity index (χ4n) is 13.1. The highest BCUT2D eigenvalue weighted by Gasteiger charge is 2.27. The second-order valence-corrected chi connectivity index (χ2v) is 32.4. The summed E-state index contributed by atoms with van der Waals surface area (Å²) in [5.41, 5.74) is 19.8. The van der Waals surface area contributed by atoms with E-state index in [0.717, 1.165) is 149 Å². The highest BCUT2D eigenvalue weighted by atomic mass is 79.9. The number of H-pyrrole nitrogens is 2. The van der Waals surface area contributed by atoms with Crippen molar-refractivity contribution >= 4 is 183 Å². The number of nitrogens with one attached hydrogen (secondary N) is 6. The molecule has 1 fully saturated rings. The van der Waals surface area contributed by atoms with Gasteiger partial charge in [-0.05, 0) is 127 Å². The molecule has 4 aliphatic carbocycles. The Labute approximate surface area is 751 Å². The molecule has 19 rings (SSSR count). The zero-order chi connectivity index (χ0) is 85.3. The van der Waals surface area contributed by atoms with E-state index in [9.17, 15) is 9.59 Å². The number of anilines is 4. The molecule has 38 heteroatoms. The van der Waals surface area contributed by atoms with Crippen molar-refractivity contribution in [3.05, 3.63) is 284 Å². The first-order valence-corrected chi connectivity index (χ1v) is 42.7. The molecule has 0 saturated carbocycles. The van der Waals surface area contributed by atoms with Gasteiger partial charge in [0, 0.05) is 110 Å². The number of ether oxygens (including phenoxy) is 1. The van der Waals surface area contributed by atoms with Gasteiger partial charge in [0.15, 0.2) is 22.9 Å². The minimum Gasteiger partial charge on any atom is -0.395 e. The first kappa shape index (κ1) is 86.8. The van der Waals surface area contributed by atoms with Gasteiger partial charge < -0.3 is 40.9 Å². The molecule has 122 heavy (non-hydrogen) atoms. The van der Waals surface area contributed by atoms with Gasteiger partial charge in [-0.2, -0.15) is 10.2 Å². The van der Waals surface area contributed by atoms with Crippen LogP contribution in [0.4, 0.5) is 23.3 Å². The Kier molecular flexibility index (Phi) is 29.0. The average molecular weight is 2000 g/mol. The van der Waals surface area contributed by atoms with Crippen molar-refractivity contribution in [3.8, 4) is 23.0 Å². The highest BCUT2D eigenvalue weighted by molar-refractivity contribution is 9.11. The number of fused-ring (bicyclic) bond motifs is 6. The minimum absolute atomic E-state index is 0.0557. The van der Waals surface area contributed by atoms with Gasteiger partial charge in [0.2, 0.25) is 11.8 Å². The molecule has 618 valence electrons. The number of amides is 2. The molecule has 1 aliphatic heterocycles. The van der Waals surface area contributed by atoms with Gasteiger partial charge in [0.05, 0.1) is 108 Å². The Morgan fingerprint density at radius 3 is 1.46 bits per heavy atom. The van der Waals surface area contributed by atoms with Gasteiger partial charge in [-0.3, -0.25) is 39.7 Å². The van der Waals surface area contributed by atoms with E-state index in [1.54, 1.807) is 78.1 Å². The van der Waals surface area contributed by atoms with E-state index in [1.807, 2.05) is 60.8 Å². The summed E-state index contributed by atoms with van der Waals surface area (Å²) in [6, 6.07) is 35.1. The molecule has 11 aromatic heterocycles. The molecular weight excluding hydrogens is 1920 g/mol. The van der Waals surface area contributed by atoms with Crippen LogP contribution >= 0.6 is 103 Å². The number of aromatic nitrogens is 21. The number of aromatic amines is 2. The fourth-order valence-corrected chi connectivity index (χ4v) is 15.0. The van der Waals surface area contributed by atoms with Crippen molar-refractivity contribution in [1.29, 1.82) is 0 Å². The van der Waals surface area contributed by atoms with E-state index in [4.69, 9.17) is 38.0 Å². The second kappa shape index (κ2) is 40.8. The number of hydrogen-bond donors (Lipinski definition) is 7. The summed E-state index contributed by atoms with van der Waals surface area (Å²) in [7, 11) is 4.97. The third-order valence-electron chi connectivity index (χ3n) is 18.9. The van der Waals surface area contributed by atoms with Gasteiger partial charge in [-0.15, -0.1) is 0 Å². The number of aliphatic hydroxyl groups excluding tert-OH is 1. The van der Waals surface area contributed by atoms with Gasteiger partial charge >= 0.3 is 0 Å². The molecule has 0 bridgehead atoms. The van der Waals surface area contributed by atoms with E-state index >= 15 is 0 Å². The molecule has 12 heterocycles. The maximum absolute atomic E-state index is 11.9.